The Morgan fingerprint density at radius 1 is 1.57 bits per heavy atom. The summed E-state index contributed by atoms with van der Waals surface area (Å²) in [6, 6.07) is 3.82. The van der Waals surface area contributed by atoms with Gasteiger partial charge in [0.2, 0.25) is 0 Å². The molecule has 0 bridgehead atoms. The van der Waals surface area contributed by atoms with E-state index < -0.39 is 0 Å². The third-order valence-electron chi connectivity index (χ3n) is 2.12. The van der Waals surface area contributed by atoms with E-state index >= 15 is 0 Å². The molecule has 0 aromatic carbocycles. The highest BCUT2D eigenvalue weighted by atomic mass is 16.3. The summed E-state index contributed by atoms with van der Waals surface area (Å²) in [5.41, 5.74) is 6.70. The van der Waals surface area contributed by atoms with Gasteiger partial charge in [0.15, 0.2) is 0 Å². The number of hydrogen-bond acceptors (Lipinski definition) is 4. The average Bonchev–Trinajstić information content (AvgIpc) is 2.21. The molecule has 0 atom stereocenters. The van der Waals surface area contributed by atoms with Crippen LogP contribution in [0.15, 0.2) is 18.3 Å². The summed E-state index contributed by atoms with van der Waals surface area (Å²) >= 11 is 0. The zero-order chi connectivity index (χ0) is 10.4. The molecular formula is C10H17N3O. The maximum atomic E-state index is 8.75. The number of nitrogens with zero attached hydrogens (tertiary/aromatic N) is 2. The molecule has 0 aliphatic rings. The van der Waals surface area contributed by atoms with Crippen molar-refractivity contribution in [1.82, 2.24) is 4.98 Å². The second kappa shape index (κ2) is 5.44. The molecule has 0 saturated heterocycles. The van der Waals surface area contributed by atoms with Gasteiger partial charge in [-0.1, -0.05) is 0 Å². The fraction of sp³-hybridized carbons (Fsp3) is 0.500. The number of hydrogen-bond donors (Lipinski definition) is 2. The Hall–Kier alpha value is -1.29. The number of anilines is 2. The van der Waals surface area contributed by atoms with Gasteiger partial charge in [0.05, 0.1) is 5.69 Å². The number of nitrogens with two attached hydrogens (primary N) is 1. The first kappa shape index (κ1) is 10.8. The molecule has 4 heteroatoms. The predicted octanol–water partition coefficient (Wildman–Crippen LogP) is 0.873. The zero-order valence-corrected chi connectivity index (χ0v) is 8.48. The molecule has 0 aliphatic heterocycles. The van der Waals surface area contributed by atoms with Gasteiger partial charge in [-0.05, 0) is 25.5 Å². The maximum Gasteiger partial charge on any atom is 0.146 e. The van der Waals surface area contributed by atoms with Gasteiger partial charge in [0.1, 0.15) is 5.82 Å². The summed E-state index contributed by atoms with van der Waals surface area (Å²) in [5, 5.41) is 8.75. The van der Waals surface area contributed by atoms with E-state index in [4.69, 9.17) is 10.8 Å². The highest BCUT2D eigenvalue weighted by Gasteiger charge is 2.06. The molecule has 0 aliphatic carbocycles. The van der Waals surface area contributed by atoms with E-state index in [1.54, 1.807) is 6.20 Å². The lowest BCUT2D eigenvalue weighted by atomic mass is 10.3. The first-order valence-corrected chi connectivity index (χ1v) is 4.86. The smallest absolute Gasteiger partial charge is 0.146 e. The first-order chi connectivity index (χ1) is 6.79. The van der Waals surface area contributed by atoms with Crippen molar-refractivity contribution in [1.29, 1.82) is 0 Å². The minimum atomic E-state index is 0.205. The number of aliphatic hydroxyl groups is 1. The minimum Gasteiger partial charge on any atom is -0.396 e. The molecule has 0 fully saturated rings. The van der Waals surface area contributed by atoms with Crippen LogP contribution in [0.25, 0.3) is 0 Å². The Kier molecular flexibility index (Phi) is 4.19. The Balaban J connectivity index is 2.73. The SMILES string of the molecule is CCN(CCCO)c1cccnc1N. The van der Waals surface area contributed by atoms with Gasteiger partial charge >= 0.3 is 0 Å². The molecule has 1 aromatic rings. The van der Waals surface area contributed by atoms with Gasteiger partial charge in [0.25, 0.3) is 0 Å². The second-order valence-electron chi connectivity index (χ2n) is 3.06. The summed E-state index contributed by atoms with van der Waals surface area (Å²) in [6.45, 7) is 3.94. The summed E-state index contributed by atoms with van der Waals surface area (Å²) < 4.78 is 0. The van der Waals surface area contributed by atoms with E-state index in [-0.39, 0.29) is 6.61 Å². The Morgan fingerprint density at radius 3 is 2.93 bits per heavy atom. The lowest BCUT2D eigenvalue weighted by molar-refractivity contribution is 0.289. The summed E-state index contributed by atoms with van der Waals surface area (Å²) in [7, 11) is 0. The van der Waals surface area contributed by atoms with Crippen molar-refractivity contribution >= 4 is 11.5 Å². The molecule has 4 nitrogen and oxygen atoms in total. The maximum absolute atomic E-state index is 8.75. The number of nitrogen functional groups attached to an aromatic ring is 1. The van der Waals surface area contributed by atoms with Crippen molar-refractivity contribution < 1.29 is 5.11 Å². The largest absolute Gasteiger partial charge is 0.396 e. The molecule has 0 unspecified atom stereocenters. The fourth-order valence-electron chi connectivity index (χ4n) is 1.39. The van der Waals surface area contributed by atoms with E-state index in [2.05, 4.69) is 16.8 Å². The Morgan fingerprint density at radius 2 is 2.36 bits per heavy atom. The lowest BCUT2D eigenvalue weighted by Crippen LogP contribution is -2.25. The number of rotatable bonds is 5. The van der Waals surface area contributed by atoms with Crippen LogP contribution in [-0.4, -0.2) is 29.8 Å². The van der Waals surface area contributed by atoms with Gasteiger partial charge < -0.3 is 15.7 Å². The molecule has 1 aromatic heterocycles. The highest BCUT2D eigenvalue weighted by Crippen LogP contribution is 2.19. The van der Waals surface area contributed by atoms with Crippen molar-refractivity contribution in [3.63, 3.8) is 0 Å². The molecular weight excluding hydrogens is 178 g/mol. The Labute approximate surface area is 84.4 Å². The van der Waals surface area contributed by atoms with Gasteiger partial charge in [-0.15, -0.1) is 0 Å². The molecule has 0 spiro atoms. The Bertz CT molecular complexity index is 278. The molecule has 0 saturated carbocycles. The fourth-order valence-corrected chi connectivity index (χ4v) is 1.39. The van der Waals surface area contributed by atoms with Crippen molar-refractivity contribution in [2.75, 3.05) is 30.3 Å². The van der Waals surface area contributed by atoms with Crippen LogP contribution in [-0.2, 0) is 0 Å². The van der Waals surface area contributed by atoms with E-state index in [0.717, 1.165) is 25.2 Å². The normalized spacial score (nSPS) is 10.1. The molecule has 0 amide bonds. The van der Waals surface area contributed by atoms with Crippen LogP contribution in [0.2, 0.25) is 0 Å². The van der Waals surface area contributed by atoms with E-state index in [1.807, 2.05) is 12.1 Å². The first-order valence-electron chi connectivity index (χ1n) is 4.86. The monoisotopic (exact) mass is 195 g/mol. The standard InChI is InChI=1S/C10H17N3O/c1-2-13(7-4-8-14)9-5-3-6-12-10(9)11/h3,5-6,14H,2,4,7-8H2,1H3,(H2,11,12). The van der Waals surface area contributed by atoms with Crippen LogP contribution < -0.4 is 10.6 Å². The third kappa shape index (κ3) is 2.60. The second-order valence-corrected chi connectivity index (χ2v) is 3.06. The molecule has 14 heavy (non-hydrogen) atoms. The number of aromatic nitrogens is 1. The van der Waals surface area contributed by atoms with Gasteiger partial charge in [0, 0.05) is 25.9 Å². The minimum absolute atomic E-state index is 0.205. The quantitative estimate of drug-likeness (QED) is 0.732. The van der Waals surface area contributed by atoms with Gasteiger partial charge in [-0.3, -0.25) is 0 Å². The van der Waals surface area contributed by atoms with Crippen LogP contribution in [0.4, 0.5) is 11.5 Å². The predicted molar refractivity (Wildman–Crippen MR) is 58.2 cm³/mol. The molecule has 1 rings (SSSR count). The topological polar surface area (TPSA) is 62.4 Å². The van der Waals surface area contributed by atoms with Crippen LogP contribution in [0.1, 0.15) is 13.3 Å². The summed E-state index contributed by atoms with van der Waals surface area (Å²) in [6.07, 6.45) is 2.43. The molecule has 3 N–H and O–H groups in total. The third-order valence-corrected chi connectivity index (χ3v) is 2.12. The molecule has 1 heterocycles. The van der Waals surface area contributed by atoms with Crippen LogP contribution in [0.3, 0.4) is 0 Å². The van der Waals surface area contributed by atoms with Crippen LogP contribution >= 0.6 is 0 Å². The van der Waals surface area contributed by atoms with Crippen molar-refractivity contribution in [2.24, 2.45) is 0 Å². The van der Waals surface area contributed by atoms with Crippen molar-refractivity contribution in [2.45, 2.75) is 13.3 Å². The molecule has 0 radical (unpaired) electrons. The molecule has 78 valence electrons. The average molecular weight is 195 g/mol. The van der Waals surface area contributed by atoms with Gasteiger partial charge in [-0.2, -0.15) is 0 Å². The van der Waals surface area contributed by atoms with Crippen molar-refractivity contribution in [3.8, 4) is 0 Å². The number of pyridine rings is 1. The van der Waals surface area contributed by atoms with E-state index in [9.17, 15) is 0 Å². The summed E-state index contributed by atoms with van der Waals surface area (Å²) in [4.78, 5) is 6.14. The van der Waals surface area contributed by atoms with E-state index in [0.29, 0.717) is 5.82 Å². The van der Waals surface area contributed by atoms with Gasteiger partial charge in [-0.25, -0.2) is 4.98 Å². The van der Waals surface area contributed by atoms with E-state index in [1.165, 1.54) is 0 Å². The van der Waals surface area contributed by atoms with Crippen LogP contribution in [0, 0.1) is 0 Å². The van der Waals surface area contributed by atoms with Crippen molar-refractivity contribution in [3.05, 3.63) is 18.3 Å². The highest BCUT2D eigenvalue weighted by molar-refractivity contribution is 5.62. The number of aliphatic hydroxyl groups excluding tert-OH is 1. The lowest BCUT2D eigenvalue weighted by Gasteiger charge is -2.23. The summed E-state index contributed by atoms with van der Waals surface area (Å²) in [5.74, 6) is 0.548. The van der Waals surface area contributed by atoms with Crippen LogP contribution in [0.5, 0.6) is 0 Å². The zero-order valence-electron chi connectivity index (χ0n) is 8.48.